The van der Waals surface area contributed by atoms with E-state index in [-0.39, 0.29) is 17.0 Å². The second kappa shape index (κ2) is 5.96. The van der Waals surface area contributed by atoms with Crippen LogP contribution in [-0.2, 0) is 0 Å². The molecule has 1 fully saturated rings. The van der Waals surface area contributed by atoms with Crippen LogP contribution in [0, 0.1) is 0 Å². The van der Waals surface area contributed by atoms with Crippen LogP contribution < -0.4 is 16.6 Å². The SMILES string of the molecule is CN1CCC(NC(=O)c2cc[nH]c(=O)c2)(/C(N)=N/O)CC1. The van der Waals surface area contributed by atoms with Crippen LogP contribution in [0.5, 0.6) is 0 Å². The molecule has 0 atom stereocenters. The smallest absolute Gasteiger partial charge is 0.252 e. The van der Waals surface area contributed by atoms with E-state index in [0.717, 1.165) is 0 Å². The summed E-state index contributed by atoms with van der Waals surface area (Å²) >= 11 is 0. The Bertz CT molecular complexity index is 602. The van der Waals surface area contributed by atoms with Crippen LogP contribution in [0.1, 0.15) is 23.2 Å². The van der Waals surface area contributed by atoms with E-state index in [4.69, 9.17) is 10.9 Å². The van der Waals surface area contributed by atoms with Gasteiger partial charge < -0.3 is 26.1 Å². The van der Waals surface area contributed by atoms with Crippen molar-refractivity contribution in [1.29, 1.82) is 0 Å². The predicted molar refractivity (Wildman–Crippen MR) is 77.4 cm³/mol. The van der Waals surface area contributed by atoms with Gasteiger partial charge in [0, 0.05) is 30.9 Å². The summed E-state index contributed by atoms with van der Waals surface area (Å²) in [5.74, 6) is -0.439. The van der Waals surface area contributed by atoms with Gasteiger partial charge in [-0.05, 0) is 26.0 Å². The van der Waals surface area contributed by atoms with E-state index < -0.39 is 11.4 Å². The van der Waals surface area contributed by atoms with Crippen LogP contribution in [0.25, 0.3) is 0 Å². The molecular weight excluding hydrogens is 274 g/mol. The van der Waals surface area contributed by atoms with Crippen molar-refractivity contribution in [1.82, 2.24) is 15.2 Å². The summed E-state index contributed by atoms with van der Waals surface area (Å²) in [6.45, 7) is 1.43. The Hall–Kier alpha value is -2.35. The third-order valence-corrected chi connectivity index (χ3v) is 3.83. The second-order valence-electron chi connectivity index (χ2n) is 5.27. The number of amidine groups is 1. The topological polar surface area (TPSA) is 124 Å². The molecule has 2 heterocycles. The third kappa shape index (κ3) is 3.22. The number of pyridine rings is 1. The Morgan fingerprint density at radius 1 is 1.52 bits per heavy atom. The number of hydrogen-bond donors (Lipinski definition) is 4. The fourth-order valence-electron chi connectivity index (χ4n) is 2.42. The molecule has 114 valence electrons. The molecule has 0 aliphatic carbocycles. The average molecular weight is 293 g/mol. The van der Waals surface area contributed by atoms with Crippen LogP contribution >= 0.6 is 0 Å². The lowest BCUT2D eigenvalue weighted by Gasteiger charge is -2.40. The van der Waals surface area contributed by atoms with Crippen molar-refractivity contribution in [2.45, 2.75) is 18.4 Å². The molecule has 0 radical (unpaired) electrons. The number of piperidine rings is 1. The molecule has 1 aromatic rings. The predicted octanol–water partition coefficient (Wildman–Crippen LogP) is -0.684. The monoisotopic (exact) mass is 293 g/mol. The quantitative estimate of drug-likeness (QED) is 0.254. The van der Waals surface area contributed by atoms with Gasteiger partial charge in [-0.25, -0.2) is 0 Å². The van der Waals surface area contributed by atoms with Gasteiger partial charge in [0.15, 0.2) is 5.84 Å². The van der Waals surface area contributed by atoms with E-state index in [1.807, 2.05) is 7.05 Å². The summed E-state index contributed by atoms with van der Waals surface area (Å²) in [6.07, 6.45) is 2.48. The Labute approximate surface area is 121 Å². The zero-order chi connectivity index (χ0) is 15.5. The highest BCUT2D eigenvalue weighted by Crippen LogP contribution is 2.22. The fourth-order valence-corrected chi connectivity index (χ4v) is 2.42. The van der Waals surface area contributed by atoms with Gasteiger partial charge in [0.2, 0.25) is 5.56 Å². The molecule has 0 bridgehead atoms. The van der Waals surface area contributed by atoms with Crippen LogP contribution in [-0.4, -0.2) is 52.5 Å². The number of carbonyl (C=O) groups excluding carboxylic acids is 1. The van der Waals surface area contributed by atoms with Gasteiger partial charge in [0.05, 0.1) is 0 Å². The first-order valence-corrected chi connectivity index (χ1v) is 6.65. The summed E-state index contributed by atoms with van der Waals surface area (Å²) in [5, 5.41) is 14.9. The van der Waals surface area contributed by atoms with Crippen molar-refractivity contribution in [3.8, 4) is 0 Å². The fraction of sp³-hybridized carbons (Fsp3) is 0.462. The first-order chi connectivity index (χ1) is 9.97. The number of aromatic amines is 1. The van der Waals surface area contributed by atoms with Gasteiger partial charge in [0.1, 0.15) is 5.54 Å². The lowest BCUT2D eigenvalue weighted by atomic mass is 9.86. The number of nitrogens with one attached hydrogen (secondary N) is 2. The van der Waals surface area contributed by atoms with Gasteiger partial charge >= 0.3 is 0 Å². The molecule has 1 aliphatic heterocycles. The Balaban J connectivity index is 2.23. The molecule has 8 heteroatoms. The minimum Gasteiger partial charge on any atom is -0.409 e. The van der Waals surface area contributed by atoms with Gasteiger partial charge in [-0.15, -0.1) is 0 Å². The Kier molecular flexibility index (Phi) is 4.27. The number of oxime groups is 1. The molecular formula is C13H19N5O3. The standard InChI is InChI=1S/C13H19N5O3/c1-18-6-3-13(4-7-18,12(14)17-21)16-11(20)9-2-5-15-10(19)8-9/h2,5,8,21H,3-4,6-7H2,1H3,(H2,14,17)(H,15,19)(H,16,20). The maximum Gasteiger partial charge on any atom is 0.252 e. The maximum atomic E-state index is 12.3. The second-order valence-corrected chi connectivity index (χ2v) is 5.27. The number of nitrogens with two attached hydrogens (primary N) is 1. The van der Waals surface area contributed by atoms with Gasteiger partial charge in [-0.1, -0.05) is 5.16 Å². The zero-order valence-corrected chi connectivity index (χ0v) is 11.8. The zero-order valence-electron chi connectivity index (χ0n) is 11.8. The van der Waals surface area contributed by atoms with Gasteiger partial charge in [-0.2, -0.15) is 0 Å². The lowest BCUT2D eigenvalue weighted by molar-refractivity contribution is 0.0886. The van der Waals surface area contributed by atoms with Crippen LogP contribution in [0.2, 0.25) is 0 Å². The first kappa shape index (κ1) is 15.0. The Morgan fingerprint density at radius 2 is 2.19 bits per heavy atom. The average Bonchev–Trinajstić information content (AvgIpc) is 2.49. The molecule has 2 rings (SSSR count). The minimum atomic E-state index is -0.888. The minimum absolute atomic E-state index is 0.0196. The van der Waals surface area contributed by atoms with Gasteiger partial charge in [-0.3, -0.25) is 9.59 Å². The highest BCUT2D eigenvalue weighted by molar-refractivity contribution is 6.00. The molecule has 1 aromatic heterocycles. The molecule has 1 amide bonds. The number of rotatable bonds is 3. The van der Waals surface area contributed by atoms with Crippen LogP contribution in [0.3, 0.4) is 0 Å². The summed E-state index contributed by atoms with van der Waals surface area (Å²) in [6, 6.07) is 2.72. The molecule has 21 heavy (non-hydrogen) atoms. The van der Waals surface area contributed by atoms with Crippen molar-refractivity contribution in [3.63, 3.8) is 0 Å². The van der Waals surface area contributed by atoms with Crippen LogP contribution in [0.4, 0.5) is 0 Å². The first-order valence-electron chi connectivity index (χ1n) is 6.65. The number of amides is 1. The van der Waals surface area contributed by atoms with E-state index in [0.29, 0.717) is 25.9 Å². The lowest BCUT2D eigenvalue weighted by Crippen LogP contribution is -2.62. The number of nitrogens with zero attached hydrogens (tertiary/aromatic N) is 2. The van der Waals surface area contributed by atoms with Crippen molar-refractivity contribution in [2.24, 2.45) is 10.9 Å². The largest absolute Gasteiger partial charge is 0.409 e. The van der Waals surface area contributed by atoms with Crippen LogP contribution in [0.15, 0.2) is 28.3 Å². The van der Waals surface area contributed by atoms with Gasteiger partial charge in [0.25, 0.3) is 5.91 Å². The third-order valence-electron chi connectivity index (χ3n) is 3.83. The number of carbonyl (C=O) groups is 1. The normalized spacial score (nSPS) is 19.2. The highest BCUT2D eigenvalue weighted by atomic mass is 16.4. The van der Waals surface area contributed by atoms with Crippen molar-refractivity contribution >= 4 is 11.7 Å². The molecule has 5 N–H and O–H groups in total. The Morgan fingerprint density at radius 3 is 2.76 bits per heavy atom. The van der Waals surface area contributed by atoms with E-state index >= 15 is 0 Å². The van der Waals surface area contributed by atoms with Crippen molar-refractivity contribution < 1.29 is 10.0 Å². The van der Waals surface area contributed by atoms with E-state index in [9.17, 15) is 9.59 Å². The molecule has 0 unspecified atom stereocenters. The van der Waals surface area contributed by atoms with Crippen molar-refractivity contribution in [3.05, 3.63) is 34.2 Å². The molecule has 1 saturated heterocycles. The number of hydrogen-bond acceptors (Lipinski definition) is 5. The molecule has 0 saturated carbocycles. The molecule has 0 spiro atoms. The molecule has 1 aliphatic rings. The number of aromatic nitrogens is 1. The van der Waals surface area contributed by atoms with E-state index in [1.54, 1.807) is 0 Å². The molecule has 0 aromatic carbocycles. The van der Waals surface area contributed by atoms with Crippen molar-refractivity contribution in [2.75, 3.05) is 20.1 Å². The maximum absolute atomic E-state index is 12.3. The number of likely N-dealkylation sites (tertiary alicyclic amines) is 1. The molecule has 8 nitrogen and oxygen atoms in total. The van der Waals surface area contributed by atoms with E-state index in [1.165, 1.54) is 18.3 Å². The summed E-state index contributed by atoms with van der Waals surface area (Å²) in [7, 11) is 1.97. The summed E-state index contributed by atoms with van der Waals surface area (Å²) < 4.78 is 0. The highest BCUT2D eigenvalue weighted by Gasteiger charge is 2.39. The summed E-state index contributed by atoms with van der Waals surface area (Å²) in [5.41, 5.74) is 4.78. The van der Waals surface area contributed by atoms with E-state index in [2.05, 4.69) is 20.4 Å². The summed E-state index contributed by atoms with van der Waals surface area (Å²) in [4.78, 5) is 28.1. The number of H-pyrrole nitrogens is 1.